The number of allylic oxidation sites excluding steroid dienone is 1. The Kier molecular flexibility index (Phi) is 6.81. The van der Waals surface area contributed by atoms with Gasteiger partial charge in [0.25, 0.3) is 0 Å². The van der Waals surface area contributed by atoms with Gasteiger partial charge in [-0.2, -0.15) is 0 Å². The summed E-state index contributed by atoms with van der Waals surface area (Å²) in [7, 11) is 1.51. The normalized spacial score (nSPS) is 12.1. The van der Waals surface area contributed by atoms with Crippen molar-refractivity contribution in [2.24, 2.45) is 10.7 Å². The molecule has 0 atom stereocenters. The molecule has 8 heteroatoms. The summed E-state index contributed by atoms with van der Waals surface area (Å²) >= 11 is 0. The fourth-order valence-electron chi connectivity index (χ4n) is 2.50. The van der Waals surface area contributed by atoms with Gasteiger partial charge < -0.3 is 15.4 Å². The summed E-state index contributed by atoms with van der Waals surface area (Å²) in [6.07, 6.45) is 0.810. The average Bonchev–Trinajstić information content (AvgIpc) is 2.63. The standard InChI is InChI=1S/C20H20F3N3O2/c1-12-4-18(28-3)8-19(13(12)2)25-20(24)26(10-17(23)11-27)9-14-5-15(21)7-16(22)6-14/h4-8,10-11H,9H2,1-3H3,(H2,24,25)/b17-10+. The van der Waals surface area contributed by atoms with Gasteiger partial charge in [0, 0.05) is 18.3 Å². The number of carbonyl (C=O) groups is 1. The van der Waals surface area contributed by atoms with Crippen LogP contribution in [0.4, 0.5) is 18.9 Å². The maximum Gasteiger partial charge on any atom is 0.201 e. The SMILES string of the molecule is COc1cc(C)c(C)c(N=C(N)N(/C=C(/F)C=O)Cc2cc(F)cc(F)c2)c1. The van der Waals surface area contributed by atoms with E-state index in [0.29, 0.717) is 11.4 Å². The highest BCUT2D eigenvalue weighted by Gasteiger charge is 2.12. The largest absolute Gasteiger partial charge is 0.497 e. The minimum atomic E-state index is -1.12. The Morgan fingerprint density at radius 1 is 1.18 bits per heavy atom. The number of benzene rings is 2. The maximum atomic E-state index is 13.6. The van der Waals surface area contributed by atoms with Crippen molar-refractivity contribution in [2.45, 2.75) is 20.4 Å². The third-order valence-electron chi connectivity index (χ3n) is 4.05. The number of hydrogen-bond acceptors (Lipinski definition) is 3. The molecule has 0 aliphatic heterocycles. The van der Waals surface area contributed by atoms with Crippen LogP contribution < -0.4 is 10.5 Å². The molecular weight excluding hydrogens is 371 g/mol. The third kappa shape index (κ3) is 5.35. The molecule has 28 heavy (non-hydrogen) atoms. The monoisotopic (exact) mass is 391 g/mol. The molecule has 2 aromatic rings. The Labute approximate surface area is 160 Å². The van der Waals surface area contributed by atoms with Crippen LogP contribution in [0.1, 0.15) is 16.7 Å². The van der Waals surface area contributed by atoms with Crippen LogP contribution >= 0.6 is 0 Å². The number of aliphatic imine (C=N–C) groups is 1. The molecule has 5 nitrogen and oxygen atoms in total. The molecular formula is C20H20F3N3O2. The minimum absolute atomic E-state index is 0.00656. The number of nitrogens with two attached hydrogens (primary N) is 1. The van der Waals surface area contributed by atoms with Gasteiger partial charge in [-0.05, 0) is 48.7 Å². The van der Waals surface area contributed by atoms with Gasteiger partial charge in [0.15, 0.2) is 12.1 Å². The molecule has 0 unspecified atom stereocenters. The number of methoxy groups -OCH3 is 1. The van der Waals surface area contributed by atoms with Crippen LogP contribution in [-0.2, 0) is 11.3 Å². The van der Waals surface area contributed by atoms with Crippen LogP contribution in [0.2, 0.25) is 0 Å². The lowest BCUT2D eigenvalue weighted by atomic mass is 10.1. The van der Waals surface area contributed by atoms with Crippen molar-refractivity contribution in [3.63, 3.8) is 0 Å². The van der Waals surface area contributed by atoms with Gasteiger partial charge in [0.2, 0.25) is 5.96 Å². The lowest BCUT2D eigenvalue weighted by Gasteiger charge is -2.20. The first-order valence-electron chi connectivity index (χ1n) is 8.27. The van der Waals surface area contributed by atoms with Crippen LogP contribution in [0.25, 0.3) is 0 Å². The summed E-state index contributed by atoms with van der Waals surface area (Å²) in [5, 5.41) is 0. The van der Waals surface area contributed by atoms with Crippen molar-refractivity contribution in [3.05, 3.63) is 70.7 Å². The molecule has 0 saturated heterocycles. The summed E-state index contributed by atoms with van der Waals surface area (Å²) < 4.78 is 45.7. The fraction of sp³-hybridized carbons (Fsp3) is 0.200. The number of carbonyl (C=O) groups excluding carboxylic acids is 1. The van der Waals surface area contributed by atoms with Crippen LogP contribution in [0.5, 0.6) is 5.75 Å². The highest BCUT2D eigenvalue weighted by molar-refractivity contribution is 5.83. The quantitative estimate of drug-likeness (QED) is 0.349. The van der Waals surface area contributed by atoms with E-state index in [-0.39, 0.29) is 24.4 Å². The number of halogens is 3. The smallest absolute Gasteiger partial charge is 0.201 e. The summed E-state index contributed by atoms with van der Waals surface area (Å²) in [4.78, 5) is 16.0. The zero-order chi connectivity index (χ0) is 20.8. The summed E-state index contributed by atoms with van der Waals surface area (Å²) in [6.45, 7) is 3.49. The molecule has 2 aromatic carbocycles. The molecule has 0 spiro atoms. The number of aryl methyl sites for hydroxylation is 1. The van der Waals surface area contributed by atoms with E-state index >= 15 is 0 Å². The second-order valence-corrected chi connectivity index (χ2v) is 6.10. The zero-order valence-corrected chi connectivity index (χ0v) is 15.7. The molecule has 0 saturated carbocycles. The van der Waals surface area contributed by atoms with Crippen LogP contribution in [-0.4, -0.2) is 24.3 Å². The van der Waals surface area contributed by atoms with E-state index in [1.165, 1.54) is 7.11 Å². The van der Waals surface area contributed by atoms with Crippen molar-refractivity contribution in [1.82, 2.24) is 4.90 Å². The molecule has 0 amide bonds. The second-order valence-electron chi connectivity index (χ2n) is 6.10. The number of rotatable bonds is 6. The molecule has 0 radical (unpaired) electrons. The lowest BCUT2D eigenvalue weighted by molar-refractivity contribution is -0.106. The molecule has 0 bridgehead atoms. The molecule has 148 valence electrons. The van der Waals surface area contributed by atoms with Crippen molar-refractivity contribution in [3.8, 4) is 5.75 Å². The van der Waals surface area contributed by atoms with Gasteiger partial charge >= 0.3 is 0 Å². The Balaban J connectivity index is 2.47. The van der Waals surface area contributed by atoms with Gasteiger partial charge in [0.1, 0.15) is 17.4 Å². The van der Waals surface area contributed by atoms with Crippen molar-refractivity contribution in [1.29, 1.82) is 0 Å². The lowest BCUT2D eigenvalue weighted by Crippen LogP contribution is -2.33. The highest BCUT2D eigenvalue weighted by atomic mass is 19.1. The summed E-state index contributed by atoms with van der Waals surface area (Å²) in [5.41, 5.74) is 8.39. The Bertz CT molecular complexity index is 922. The molecule has 2 rings (SSSR count). The molecule has 0 aromatic heterocycles. The van der Waals surface area contributed by atoms with E-state index < -0.39 is 17.5 Å². The predicted octanol–water partition coefficient (Wildman–Crippen LogP) is 4.05. The van der Waals surface area contributed by atoms with Crippen LogP contribution in [0.15, 0.2) is 47.4 Å². The number of guanidine groups is 1. The first-order valence-corrected chi connectivity index (χ1v) is 8.27. The molecule has 2 N–H and O–H groups in total. The Morgan fingerprint density at radius 2 is 1.82 bits per heavy atom. The maximum absolute atomic E-state index is 13.6. The highest BCUT2D eigenvalue weighted by Crippen LogP contribution is 2.28. The van der Waals surface area contributed by atoms with Gasteiger partial charge in [-0.1, -0.05) is 0 Å². The van der Waals surface area contributed by atoms with Crippen LogP contribution in [0.3, 0.4) is 0 Å². The van der Waals surface area contributed by atoms with E-state index in [1.54, 1.807) is 6.07 Å². The van der Waals surface area contributed by atoms with Crippen molar-refractivity contribution in [2.75, 3.05) is 7.11 Å². The first-order chi connectivity index (χ1) is 13.2. The minimum Gasteiger partial charge on any atom is -0.497 e. The van der Waals surface area contributed by atoms with Crippen LogP contribution in [0, 0.1) is 25.5 Å². The number of hydrogen-bond donors (Lipinski definition) is 1. The van der Waals surface area contributed by atoms with Crippen molar-refractivity contribution >= 4 is 17.9 Å². The molecule has 0 aliphatic carbocycles. The summed E-state index contributed by atoms with van der Waals surface area (Å²) in [5.74, 6) is -2.30. The second kappa shape index (κ2) is 9.07. The van der Waals surface area contributed by atoms with E-state index in [0.717, 1.165) is 40.4 Å². The Morgan fingerprint density at radius 3 is 2.39 bits per heavy atom. The van der Waals surface area contributed by atoms with E-state index in [1.807, 2.05) is 19.9 Å². The molecule has 0 fully saturated rings. The number of aldehydes is 1. The van der Waals surface area contributed by atoms with E-state index in [9.17, 15) is 18.0 Å². The average molecular weight is 391 g/mol. The van der Waals surface area contributed by atoms with E-state index in [4.69, 9.17) is 10.5 Å². The van der Waals surface area contributed by atoms with Gasteiger partial charge in [0.05, 0.1) is 19.3 Å². The topological polar surface area (TPSA) is 67.9 Å². The van der Waals surface area contributed by atoms with Gasteiger partial charge in [-0.25, -0.2) is 18.2 Å². The number of nitrogens with zero attached hydrogens (tertiary/aromatic N) is 2. The summed E-state index contributed by atoms with van der Waals surface area (Å²) in [6, 6.07) is 6.35. The first kappa shape index (κ1) is 21.0. The number of ether oxygens (including phenoxy) is 1. The van der Waals surface area contributed by atoms with Crippen molar-refractivity contribution < 1.29 is 22.7 Å². The van der Waals surface area contributed by atoms with Gasteiger partial charge in [-0.15, -0.1) is 0 Å². The fourth-order valence-corrected chi connectivity index (χ4v) is 2.50. The predicted molar refractivity (Wildman–Crippen MR) is 101 cm³/mol. The third-order valence-corrected chi connectivity index (χ3v) is 4.05. The molecule has 0 heterocycles. The zero-order valence-electron chi connectivity index (χ0n) is 15.7. The van der Waals surface area contributed by atoms with E-state index in [2.05, 4.69) is 4.99 Å². The van der Waals surface area contributed by atoms with Gasteiger partial charge in [-0.3, -0.25) is 4.79 Å². The molecule has 0 aliphatic rings. The Hall–Kier alpha value is -3.29.